The average molecular weight is 225 g/mol. The SMILES string of the molecule is CCSc1ccc(NCC(N)CN)cc1. The van der Waals surface area contributed by atoms with Crippen LogP contribution in [0.15, 0.2) is 29.2 Å². The van der Waals surface area contributed by atoms with Crippen LogP contribution in [-0.2, 0) is 0 Å². The van der Waals surface area contributed by atoms with Gasteiger partial charge in [-0.05, 0) is 30.0 Å². The molecule has 0 radical (unpaired) electrons. The van der Waals surface area contributed by atoms with Crippen LogP contribution in [0.3, 0.4) is 0 Å². The molecule has 0 aliphatic heterocycles. The molecule has 1 rings (SSSR count). The van der Waals surface area contributed by atoms with E-state index in [0.29, 0.717) is 6.54 Å². The maximum Gasteiger partial charge on any atom is 0.0341 e. The second-order valence-corrected chi connectivity index (χ2v) is 4.67. The lowest BCUT2D eigenvalue weighted by Gasteiger charge is -2.11. The van der Waals surface area contributed by atoms with Crippen molar-refractivity contribution in [3.63, 3.8) is 0 Å². The van der Waals surface area contributed by atoms with E-state index in [1.807, 2.05) is 11.8 Å². The third-order valence-electron chi connectivity index (χ3n) is 2.04. The molecule has 1 atom stereocenters. The Balaban J connectivity index is 2.42. The van der Waals surface area contributed by atoms with E-state index in [2.05, 4.69) is 36.5 Å². The minimum absolute atomic E-state index is 0.0229. The average Bonchev–Trinajstić information content (AvgIpc) is 2.28. The van der Waals surface area contributed by atoms with Crippen molar-refractivity contribution in [2.24, 2.45) is 11.5 Å². The highest BCUT2D eigenvalue weighted by atomic mass is 32.2. The van der Waals surface area contributed by atoms with Gasteiger partial charge >= 0.3 is 0 Å². The number of nitrogens with two attached hydrogens (primary N) is 2. The van der Waals surface area contributed by atoms with Crippen LogP contribution in [0, 0.1) is 0 Å². The lowest BCUT2D eigenvalue weighted by molar-refractivity contribution is 0.713. The Bertz CT molecular complexity index is 274. The summed E-state index contributed by atoms with van der Waals surface area (Å²) in [5.41, 5.74) is 12.2. The quantitative estimate of drug-likeness (QED) is 0.642. The fourth-order valence-corrected chi connectivity index (χ4v) is 1.83. The summed E-state index contributed by atoms with van der Waals surface area (Å²) in [6.07, 6.45) is 0. The zero-order chi connectivity index (χ0) is 11.1. The molecule has 84 valence electrons. The van der Waals surface area contributed by atoms with Gasteiger partial charge in [0.25, 0.3) is 0 Å². The first kappa shape index (κ1) is 12.4. The Morgan fingerprint density at radius 3 is 2.53 bits per heavy atom. The number of nitrogens with one attached hydrogen (secondary N) is 1. The third-order valence-corrected chi connectivity index (χ3v) is 2.93. The van der Waals surface area contributed by atoms with Crippen LogP contribution in [0.2, 0.25) is 0 Å². The van der Waals surface area contributed by atoms with Gasteiger partial charge in [0.05, 0.1) is 0 Å². The molecular weight excluding hydrogens is 206 g/mol. The minimum Gasteiger partial charge on any atom is -0.383 e. The zero-order valence-corrected chi connectivity index (χ0v) is 9.89. The summed E-state index contributed by atoms with van der Waals surface area (Å²) >= 11 is 1.84. The molecule has 4 heteroatoms. The van der Waals surface area contributed by atoms with Crippen molar-refractivity contribution in [3.05, 3.63) is 24.3 Å². The first-order valence-corrected chi connectivity index (χ1v) is 6.17. The van der Waals surface area contributed by atoms with Gasteiger partial charge in [-0.25, -0.2) is 0 Å². The van der Waals surface area contributed by atoms with Crippen LogP contribution in [0.1, 0.15) is 6.92 Å². The summed E-state index contributed by atoms with van der Waals surface area (Å²) in [5, 5.41) is 3.25. The van der Waals surface area contributed by atoms with Crippen LogP contribution in [0.4, 0.5) is 5.69 Å². The number of hydrogen-bond donors (Lipinski definition) is 3. The smallest absolute Gasteiger partial charge is 0.0341 e. The Labute approximate surface area is 95.6 Å². The summed E-state index contributed by atoms with van der Waals surface area (Å²) in [6, 6.07) is 8.40. The van der Waals surface area contributed by atoms with Gasteiger partial charge in [-0.15, -0.1) is 11.8 Å². The van der Waals surface area contributed by atoms with Crippen LogP contribution >= 0.6 is 11.8 Å². The monoisotopic (exact) mass is 225 g/mol. The second-order valence-electron chi connectivity index (χ2n) is 3.33. The molecule has 1 aromatic carbocycles. The number of benzene rings is 1. The first-order chi connectivity index (χ1) is 7.26. The van der Waals surface area contributed by atoms with Gasteiger partial charge in [0.15, 0.2) is 0 Å². The van der Waals surface area contributed by atoms with E-state index < -0.39 is 0 Å². The second kappa shape index (κ2) is 6.71. The lowest BCUT2D eigenvalue weighted by atomic mass is 10.3. The van der Waals surface area contributed by atoms with Crippen molar-refractivity contribution in [1.29, 1.82) is 0 Å². The molecule has 0 saturated heterocycles. The number of rotatable bonds is 6. The minimum atomic E-state index is 0.0229. The summed E-state index contributed by atoms with van der Waals surface area (Å²) < 4.78 is 0. The molecule has 1 aromatic rings. The van der Waals surface area contributed by atoms with Gasteiger partial charge < -0.3 is 16.8 Å². The fourth-order valence-electron chi connectivity index (χ4n) is 1.17. The summed E-state index contributed by atoms with van der Waals surface area (Å²) in [4.78, 5) is 1.30. The molecule has 15 heavy (non-hydrogen) atoms. The highest BCUT2D eigenvalue weighted by Gasteiger charge is 1.98. The topological polar surface area (TPSA) is 64.1 Å². The maximum atomic E-state index is 5.71. The number of hydrogen-bond acceptors (Lipinski definition) is 4. The van der Waals surface area contributed by atoms with Gasteiger partial charge in [0.2, 0.25) is 0 Å². The molecule has 5 N–H and O–H groups in total. The van der Waals surface area contributed by atoms with E-state index in [0.717, 1.165) is 18.0 Å². The zero-order valence-electron chi connectivity index (χ0n) is 9.07. The van der Waals surface area contributed by atoms with Gasteiger partial charge in [0, 0.05) is 29.7 Å². The van der Waals surface area contributed by atoms with Gasteiger partial charge in [-0.3, -0.25) is 0 Å². The molecule has 0 saturated carbocycles. The van der Waals surface area contributed by atoms with Crippen LogP contribution in [0.5, 0.6) is 0 Å². The van der Waals surface area contributed by atoms with E-state index in [1.54, 1.807) is 0 Å². The van der Waals surface area contributed by atoms with Crippen molar-refractivity contribution in [3.8, 4) is 0 Å². The van der Waals surface area contributed by atoms with Gasteiger partial charge in [0.1, 0.15) is 0 Å². The van der Waals surface area contributed by atoms with Crippen molar-refractivity contribution >= 4 is 17.4 Å². The van der Waals surface area contributed by atoms with E-state index in [9.17, 15) is 0 Å². The maximum absolute atomic E-state index is 5.71. The standard InChI is InChI=1S/C11H19N3S/c1-2-15-11-5-3-10(4-6-11)14-8-9(13)7-12/h3-6,9,14H,2,7-8,12-13H2,1H3. The first-order valence-electron chi connectivity index (χ1n) is 5.18. The molecule has 0 aliphatic carbocycles. The van der Waals surface area contributed by atoms with Crippen LogP contribution < -0.4 is 16.8 Å². The Morgan fingerprint density at radius 2 is 2.00 bits per heavy atom. The molecule has 0 fully saturated rings. The van der Waals surface area contributed by atoms with Crippen LogP contribution in [0.25, 0.3) is 0 Å². The van der Waals surface area contributed by atoms with Crippen molar-refractivity contribution in [2.75, 3.05) is 24.2 Å². The Hall–Kier alpha value is -0.710. The van der Waals surface area contributed by atoms with E-state index >= 15 is 0 Å². The molecule has 0 spiro atoms. The molecule has 3 nitrogen and oxygen atoms in total. The molecule has 0 aromatic heterocycles. The van der Waals surface area contributed by atoms with Crippen molar-refractivity contribution in [1.82, 2.24) is 0 Å². The van der Waals surface area contributed by atoms with Gasteiger partial charge in [-0.2, -0.15) is 0 Å². The van der Waals surface area contributed by atoms with Gasteiger partial charge in [-0.1, -0.05) is 6.92 Å². The van der Waals surface area contributed by atoms with E-state index in [4.69, 9.17) is 11.5 Å². The normalized spacial score (nSPS) is 12.5. The Kier molecular flexibility index (Phi) is 5.53. The fraction of sp³-hybridized carbons (Fsp3) is 0.455. The highest BCUT2D eigenvalue weighted by molar-refractivity contribution is 7.99. The molecule has 0 aliphatic rings. The molecule has 0 amide bonds. The van der Waals surface area contributed by atoms with E-state index in [-0.39, 0.29) is 6.04 Å². The number of thioether (sulfide) groups is 1. The molecule has 0 heterocycles. The molecular formula is C11H19N3S. The summed E-state index contributed by atoms with van der Waals surface area (Å²) in [6.45, 7) is 3.38. The molecule has 1 unspecified atom stereocenters. The third kappa shape index (κ3) is 4.55. The van der Waals surface area contributed by atoms with Crippen molar-refractivity contribution in [2.45, 2.75) is 17.9 Å². The summed E-state index contributed by atoms with van der Waals surface area (Å²) in [7, 11) is 0. The predicted molar refractivity (Wildman–Crippen MR) is 68.4 cm³/mol. The van der Waals surface area contributed by atoms with E-state index in [1.165, 1.54) is 4.90 Å². The molecule has 0 bridgehead atoms. The number of anilines is 1. The largest absolute Gasteiger partial charge is 0.383 e. The highest BCUT2D eigenvalue weighted by Crippen LogP contribution is 2.19. The lowest BCUT2D eigenvalue weighted by Crippen LogP contribution is -2.36. The van der Waals surface area contributed by atoms with Crippen LogP contribution in [-0.4, -0.2) is 24.9 Å². The van der Waals surface area contributed by atoms with Crippen molar-refractivity contribution < 1.29 is 0 Å². The Morgan fingerprint density at radius 1 is 1.33 bits per heavy atom. The summed E-state index contributed by atoms with van der Waals surface area (Å²) in [5.74, 6) is 1.10. The predicted octanol–water partition coefficient (Wildman–Crippen LogP) is 1.50.